The third kappa shape index (κ3) is 5.30. The van der Waals surface area contributed by atoms with E-state index in [2.05, 4.69) is 15.5 Å². The number of nitrogens with one attached hydrogen (secondary N) is 2. The lowest BCUT2D eigenvalue weighted by Gasteiger charge is -2.14. The van der Waals surface area contributed by atoms with Crippen LogP contribution in [0, 0.1) is 5.82 Å². The van der Waals surface area contributed by atoms with Gasteiger partial charge in [0.25, 0.3) is 5.91 Å². The Hall–Kier alpha value is -3.49. The van der Waals surface area contributed by atoms with Gasteiger partial charge in [-0.2, -0.15) is 0 Å². The van der Waals surface area contributed by atoms with E-state index in [1.54, 1.807) is 6.07 Å². The van der Waals surface area contributed by atoms with E-state index in [-0.39, 0.29) is 12.3 Å². The number of carbonyl (C=O) groups excluding carboxylic acids is 1. The molecule has 0 aliphatic carbocycles. The fraction of sp³-hybridized carbons (Fsp3) is 0.200. The van der Waals surface area contributed by atoms with Gasteiger partial charge in [0, 0.05) is 24.2 Å². The number of carbonyl (C=O) groups is 2. The van der Waals surface area contributed by atoms with Crippen LogP contribution in [0.25, 0.3) is 11.3 Å². The minimum Gasteiger partial charge on any atom is -0.481 e. The number of carboxylic acids is 1. The Morgan fingerprint density at radius 3 is 2.58 bits per heavy atom. The van der Waals surface area contributed by atoms with Crippen molar-refractivity contribution in [2.45, 2.75) is 19.4 Å². The number of thiophene rings is 1. The first-order valence-corrected chi connectivity index (χ1v) is 11.3. The molecule has 3 N–H and O–H groups in total. The van der Waals surface area contributed by atoms with Crippen molar-refractivity contribution in [1.29, 1.82) is 0 Å². The van der Waals surface area contributed by atoms with E-state index in [1.165, 1.54) is 23.5 Å². The maximum atomic E-state index is 13.7. The number of benzene rings is 2. The van der Waals surface area contributed by atoms with E-state index in [1.807, 2.05) is 49.8 Å². The number of anilines is 2. The molecular formula is C25H24FN3O3S. The third-order valence-electron chi connectivity index (χ3n) is 5.23. The van der Waals surface area contributed by atoms with Crippen molar-refractivity contribution in [3.8, 4) is 0 Å². The Labute approximate surface area is 195 Å². The number of amides is 1. The van der Waals surface area contributed by atoms with Crippen molar-refractivity contribution in [2.75, 3.05) is 24.7 Å². The van der Waals surface area contributed by atoms with Crippen molar-refractivity contribution < 1.29 is 19.1 Å². The third-order valence-corrected chi connectivity index (χ3v) is 6.22. The minimum atomic E-state index is -0.858. The first-order valence-electron chi connectivity index (χ1n) is 10.5. The summed E-state index contributed by atoms with van der Waals surface area (Å²) in [6, 6.07) is 14.1. The van der Waals surface area contributed by atoms with Crippen LogP contribution >= 0.6 is 11.3 Å². The van der Waals surface area contributed by atoms with Gasteiger partial charge in [0.2, 0.25) is 0 Å². The number of hydrogen-bond acceptors (Lipinski definition) is 5. The molecule has 1 aliphatic rings. The monoisotopic (exact) mass is 465 g/mol. The number of aryl methyl sites for hydroxylation is 1. The molecule has 0 saturated heterocycles. The number of rotatable bonds is 8. The van der Waals surface area contributed by atoms with E-state index in [9.17, 15) is 14.0 Å². The summed E-state index contributed by atoms with van der Waals surface area (Å²) in [5.74, 6) is -1.60. The quantitative estimate of drug-likeness (QED) is 0.413. The van der Waals surface area contributed by atoms with Gasteiger partial charge >= 0.3 is 5.97 Å². The van der Waals surface area contributed by atoms with Gasteiger partial charge < -0.3 is 20.6 Å². The normalized spacial score (nSPS) is 14.2. The van der Waals surface area contributed by atoms with Crippen molar-refractivity contribution >= 4 is 45.9 Å². The molecule has 2 heterocycles. The lowest BCUT2D eigenvalue weighted by atomic mass is 10.0. The first-order chi connectivity index (χ1) is 15.8. The summed E-state index contributed by atoms with van der Waals surface area (Å²) in [5, 5.41) is 17.0. The van der Waals surface area contributed by atoms with Gasteiger partial charge in [0.05, 0.1) is 21.8 Å². The molecule has 170 valence electrons. The fourth-order valence-electron chi connectivity index (χ4n) is 3.73. The Morgan fingerprint density at radius 1 is 1.12 bits per heavy atom. The van der Waals surface area contributed by atoms with E-state index >= 15 is 0 Å². The minimum absolute atomic E-state index is 0.0332. The highest BCUT2D eigenvalue weighted by Crippen LogP contribution is 2.39. The summed E-state index contributed by atoms with van der Waals surface area (Å²) < 4.78 is 13.7. The summed E-state index contributed by atoms with van der Waals surface area (Å²) in [5.41, 5.74) is 4.93. The second kappa shape index (κ2) is 9.56. The number of nitrogens with zero attached hydrogens (tertiary/aromatic N) is 1. The van der Waals surface area contributed by atoms with Gasteiger partial charge in [-0.25, -0.2) is 4.39 Å². The summed E-state index contributed by atoms with van der Waals surface area (Å²) in [6.45, 7) is 0.813. The Balaban J connectivity index is 1.75. The predicted molar refractivity (Wildman–Crippen MR) is 130 cm³/mol. The molecule has 0 atom stereocenters. The average molecular weight is 466 g/mol. The molecule has 4 rings (SSSR count). The van der Waals surface area contributed by atoms with Crippen LogP contribution in [0.5, 0.6) is 0 Å². The molecule has 3 aromatic rings. The summed E-state index contributed by atoms with van der Waals surface area (Å²) in [7, 11) is 4.01. The second-order valence-corrected chi connectivity index (χ2v) is 9.08. The number of carboxylic acid groups (broad SMARTS) is 1. The van der Waals surface area contributed by atoms with Crippen LogP contribution in [-0.4, -0.2) is 36.0 Å². The maximum Gasteiger partial charge on any atom is 0.303 e. The molecule has 0 bridgehead atoms. The standard InChI is InChI=1S/C25H24FN3O3S/c1-29(2)13-15-3-7-18(8-4-15)27-24(21-11-16(14-33-21)5-10-22(30)31)23-19-9-6-17(26)12-20(19)28-25(23)32/h3-4,6-9,11-12,14,27H,5,10,13H2,1-2H3,(H,28,32)(H,30,31)/b24-23-. The molecule has 0 radical (unpaired) electrons. The number of halogens is 1. The molecule has 33 heavy (non-hydrogen) atoms. The SMILES string of the molecule is CN(C)Cc1ccc(N/C(=C2\C(=O)Nc3cc(F)ccc32)c2cc(CCC(=O)O)cs2)cc1. The molecule has 1 amide bonds. The van der Waals surface area contributed by atoms with Gasteiger partial charge in [0.1, 0.15) is 5.82 Å². The largest absolute Gasteiger partial charge is 0.481 e. The molecular weight excluding hydrogens is 441 g/mol. The van der Waals surface area contributed by atoms with E-state index < -0.39 is 11.8 Å². The van der Waals surface area contributed by atoms with E-state index in [4.69, 9.17) is 5.11 Å². The average Bonchev–Trinajstić information content (AvgIpc) is 3.35. The van der Waals surface area contributed by atoms with Crippen LogP contribution < -0.4 is 10.6 Å². The number of hydrogen-bond donors (Lipinski definition) is 3. The zero-order chi connectivity index (χ0) is 23.5. The van der Waals surface area contributed by atoms with Crippen LogP contribution in [0.15, 0.2) is 53.9 Å². The molecule has 1 aliphatic heterocycles. The lowest BCUT2D eigenvalue weighted by Crippen LogP contribution is -2.11. The van der Waals surface area contributed by atoms with Crippen molar-refractivity contribution in [1.82, 2.24) is 4.90 Å². The smallest absolute Gasteiger partial charge is 0.303 e. The zero-order valence-electron chi connectivity index (χ0n) is 18.3. The predicted octanol–water partition coefficient (Wildman–Crippen LogP) is 4.90. The Bertz CT molecular complexity index is 1230. The fourth-order valence-corrected chi connectivity index (χ4v) is 4.69. The maximum absolute atomic E-state index is 13.7. The van der Waals surface area contributed by atoms with Crippen molar-refractivity contribution in [3.05, 3.63) is 81.3 Å². The van der Waals surface area contributed by atoms with Crippen LogP contribution in [0.1, 0.15) is 28.0 Å². The van der Waals surface area contributed by atoms with E-state index in [0.717, 1.165) is 28.2 Å². The van der Waals surface area contributed by atoms with Gasteiger partial charge in [-0.05, 0) is 73.4 Å². The summed E-state index contributed by atoms with van der Waals surface area (Å²) in [6.07, 6.45) is 0.438. The molecule has 8 heteroatoms. The number of aliphatic carboxylic acids is 1. The van der Waals surface area contributed by atoms with Crippen LogP contribution in [0.2, 0.25) is 0 Å². The van der Waals surface area contributed by atoms with Gasteiger partial charge in [-0.1, -0.05) is 12.1 Å². The summed E-state index contributed by atoms with van der Waals surface area (Å²) in [4.78, 5) is 26.8. The number of fused-ring (bicyclic) bond motifs is 1. The molecule has 0 saturated carbocycles. The van der Waals surface area contributed by atoms with Crippen molar-refractivity contribution in [2.24, 2.45) is 0 Å². The van der Waals surface area contributed by atoms with Crippen LogP contribution in [-0.2, 0) is 22.6 Å². The Kier molecular flexibility index (Phi) is 6.57. The topological polar surface area (TPSA) is 81.7 Å². The molecule has 0 unspecified atom stereocenters. The highest BCUT2D eigenvalue weighted by Gasteiger charge is 2.29. The molecule has 6 nitrogen and oxygen atoms in total. The van der Waals surface area contributed by atoms with Gasteiger partial charge in [-0.15, -0.1) is 11.3 Å². The highest BCUT2D eigenvalue weighted by atomic mass is 32.1. The molecule has 2 aromatic carbocycles. The van der Waals surface area contributed by atoms with Crippen molar-refractivity contribution in [3.63, 3.8) is 0 Å². The molecule has 0 spiro atoms. The van der Waals surface area contributed by atoms with Crippen LogP contribution in [0.4, 0.5) is 15.8 Å². The van der Waals surface area contributed by atoms with Crippen LogP contribution in [0.3, 0.4) is 0 Å². The van der Waals surface area contributed by atoms with Gasteiger partial charge in [-0.3, -0.25) is 9.59 Å². The highest BCUT2D eigenvalue weighted by molar-refractivity contribution is 7.11. The Morgan fingerprint density at radius 2 is 1.88 bits per heavy atom. The lowest BCUT2D eigenvalue weighted by molar-refractivity contribution is -0.137. The molecule has 0 fully saturated rings. The zero-order valence-corrected chi connectivity index (χ0v) is 19.1. The van der Waals surface area contributed by atoms with E-state index in [0.29, 0.717) is 28.9 Å². The van der Waals surface area contributed by atoms with Gasteiger partial charge in [0.15, 0.2) is 0 Å². The first kappa shape index (κ1) is 22.7. The molecule has 1 aromatic heterocycles. The summed E-state index contributed by atoms with van der Waals surface area (Å²) >= 11 is 1.43. The second-order valence-electron chi connectivity index (χ2n) is 8.17.